The van der Waals surface area contributed by atoms with Gasteiger partial charge in [0.1, 0.15) is 10.8 Å². The topological polar surface area (TPSA) is 52.0 Å². The summed E-state index contributed by atoms with van der Waals surface area (Å²) in [6.45, 7) is 3.49. The molecule has 0 aromatic carbocycles. The molecule has 3 rings (SSSR count). The Bertz CT molecular complexity index is 551. The third-order valence-electron chi connectivity index (χ3n) is 3.63. The van der Waals surface area contributed by atoms with Gasteiger partial charge in [-0.05, 0) is 12.8 Å². The molecule has 0 spiro atoms. The van der Waals surface area contributed by atoms with Gasteiger partial charge in [-0.2, -0.15) is 0 Å². The quantitative estimate of drug-likeness (QED) is 0.886. The van der Waals surface area contributed by atoms with Crippen LogP contribution in [0, 0.1) is 0 Å². The van der Waals surface area contributed by atoms with Crippen LogP contribution in [0.3, 0.4) is 0 Å². The minimum absolute atomic E-state index is 0.524. The largest absolute Gasteiger partial charge is 0.378 e. The van der Waals surface area contributed by atoms with Gasteiger partial charge >= 0.3 is 0 Å². The number of nitrogens with zero attached hydrogens (tertiary/aromatic N) is 3. The predicted octanol–water partition coefficient (Wildman–Crippen LogP) is 2.15. The number of imidazole rings is 1. The summed E-state index contributed by atoms with van der Waals surface area (Å²) in [4.78, 5) is 9.01. The normalized spacial score (nSPS) is 18.1. The molecule has 1 aliphatic heterocycles. The van der Waals surface area contributed by atoms with Crippen molar-refractivity contribution in [1.29, 1.82) is 0 Å². The summed E-state index contributed by atoms with van der Waals surface area (Å²) in [5, 5.41) is 6.65. The lowest BCUT2D eigenvalue weighted by Gasteiger charge is -2.23. The Morgan fingerprint density at radius 2 is 2.50 bits per heavy atom. The molecule has 0 radical (unpaired) electrons. The van der Waals surface area contributed by atoms with Gasteiger partial charge in [0.25, 0.3) is 0 Å². The number of hydrogen-bond donors (Lipinski definition) is 1. The van der Waals surface area contributed by atoms with Crippen molar-refractivity contribution in [1.82, 2.24) is 19.9 Å². The van der Waals surface area contributed by atoms with Gasteiger partial charge in [-0.15, -0.1) is 11.3 Å². The second-order valence-corrected chi connectivity index (χ2v) is 6.06. The summed E-state index contributed by atoms with van der Waals surface area (Å²) < 4.78 is 7.36. The highest BCUT2D eigenvalue weighted by molar-refractivity contribution is 7.09. The lowest BCUT2D eigenvalue weighted by atomic mass is 9.99. The average molecular weight is 292 g/mol. The van der Waals surface area contributed by atoms with Crippen molar-refractivity contribution >= 4 is 11.3 Å². The molecule has 0 amide bonds. The molecule has 1 atom stereocenters. The van der Waals surface area contributed by atoms with Crippen LogP contribution in [-0.2, 0) is 24.4 Å². The highest BCUT2D eigenvalue weighted by atomic mass is 32.1. The summed E-state index contributed by atoms with van der Waals surface area (Å²) in [6.07, 6.45) is 6.45. The molecular weight excluding hydrogens is 272 g/mol. The third kappa shape index (κ3) is 3.08. The predicted molar refractivity (Wildman–Crippen MR) is 78.7 cm³/mol. The zero-order chi connectivity index (χ0) is 13.8. The van der Waals surface area contributed by atoms with Crippen molar-refractivity contribution in [2.75, 3.05) is 13.7 Å². The molecule has 0 aliphatic carbocycles. The Labute approximate surface area is 123 Å². The van der Waals surface area contributed by atoms with E-state index < -0.39 is 0 Å². The smallest absolute Gasteiger partial charge is 0.119 e. The van der Waals surface area contributed by atoms with Gasteiger partial charge in [0.15, 0.2) is 0 Å². The first-order valence-corrected chi connectivity index (χ1v) is 7.88. The van der Waals surface area contributed by atoms with Crippen molar-refractivity contribution in [3.63, 3.8) is 0 Å². The molecule has 0 fully saturated rings. The fraction of sp³-hybridized carbons (Fsp3) is 0.571. The van der Waals surface area contributed by atoms with Crippen LogP contribution >= 0.6 is 11.3 Å². The summed E-state index contributed by atoms with van der Waals surface area (Å²) in [5.74, 6) is 1.75. The van der Waals surface area contributed by atoms with E-state index in [1.807, 2.05) is 6.20 Å². The molecule has 0 saturated heterocycles. The zero-order valence-corrected chi connectivity index (χ0v) is 12.5. The SMILES string of the molecule is COCc1nc(CNC[C@H]2CCCn3ccnc32)cs1. The highest BCUT2D eigenvalue weighted by Gasteiger charge is 2.20. The van der Waals surface area contributed by atoms with Crippen LogP contribution in [0.15, 0.2) is 17.8 Å². The second kappa shape index (κ2) is 6.47. The summed E-state index contributed by atoms with van der Waals surface area (Å²) in [6, 6.07) is 0. The van der Waals surface area contributed by atoms with E-state index >= 15 is 0 Å². The fourth-order valence-corrected chi connectivity index (χ4v) is 3.46. The molecule has 0 saturated carbocycles. The molecule has 5 nitrogen and oxygen atoms in total. The van der Waals surface area contributed by atoms with E-state index in [-0.39, 0.29) is 0 Å². The maximum Gasteiger partial charge on any atom is 0.119 e. The van der Waals surface area contributed by atoms with Gasteiger partial charge in [0.2, 0.25) is 0 Å². The van der Waals surface area contributed by atoms with E-state index in [1.165, 1.54) is 18.7 Å². The Morgan fingerprint density at radius 1 is 1.55 bits per heavy atom. The van der Waals surface area contributed by atoms with Gasteiger partial charge in [-0.25, -0.2) is 9.97 Å². The van der Waals surface area contributed by atoms with Crippen LogP contribution in [-0.4, -0.2) is 28.2 Å². The lowest BCUT2D eigenvalue weighted by Crippen LogP contribution is -2.26. The molecule has 1 N–H and O–H groups in total. The first-order chi connectivity index (χ1) is 9.86. The number of ether oxygens (including phenoxy) is 1. The van der Waals surface area contributed by atoms with E-state index in [9.17, 15) is 0 Å². The molecule has 108 valence electrons. The van der Waals surface area contributed by atoms with E-state index in [1.54, 1.807) is 18.4 Å². The van der Waals surface area contributed by atoms with Crippen molar-refractivity contribution in [2.45, 2.75) is 38.5 Å². The van der Waals surface area contributed by atoms with Gasteiger partial charge in [-0.1, -0.05) is 0 Å². The number of thiazole rings is 1. The van der Waals surface area contributed by atoms with Crippen LogP contribution in [0.5, 0.6) is 0 Å². The molecule has 6 heteroatoms. The van der Waals surface area contributed by atoms with Gasteiger partial charge < -0.3 is 14.6 Å². The summed E-state index contributed by atoms with van der Waals surface area (Å²) >= 11 is 1.66. The molecule has 1 aliphatic rings. The molecular formula is C14H20N4OS. The van der Waals surface area contributed by atoms with Crippen molar-refractivity contribution in [3.05, 3.63) is 34.3 Å². The number of methoxy groups -OCH3 is 1. The average Bonchev–Trinajstić information content (AvgIpc) is 3.08. The van der Waals surface area contributed by atoms with Crippen molar-refractivity contribution < 1.29 is 4.74 Å². The number of aryl methyl sites for hydroxylation is 1. The highest BCUT2D eigenvalue weighted by Crippen LogP contribution is 2.24. The van der Waals surface area contributed by atoms with E-state index in [4.69, 9.17) is 4.74 Å². The first kappa shape index (κ1) is 13.7. The van der Waals surface area contributed by atoms with Crippen LogP contribution in [0.1, 0.15) is 35.3 Å². The molecule has 0 bridgehead atoms. The number of fused-ring (bicyclic) bond motifs is 1. The second-order valence-electron chi connectivity index (χ2n) is 5.11. The summed E-state index contributed by atoms with van der Waals surface area (Å²) in [7, 11) is 1.70. The van der Waals surface area contributed by atoms with E-state index in [0.29, 0.717) is 12.5 Å². The number of rotatable bonds is 6. The Kier molecular flexibility index (Phi) is 4.44. The molecule has 20 heavy (non-hydrogen) atoms. The number of hydrogen-bond acceptors (Lipinski definition) is 5. The van der Waals surface area contributed by atoms with Crippen molar-refractivity contribution in [3.8, 4) is 0 Å². The summed E-state index contributed by atoms with van der Waals surface area (Å²) in [5.41, 5.74) is 1.10. The molecule has 3 heterocycles. The van der Waals surface area contributed by atoms with Crippen LogP contribution < -0.4 is 5.32 Å². The van der Waals surface area contributed by atoms with Crippen LogP contribution in [0.25, 0.3) is 0 Å². The Morgan fingerprint density at radius 3 is 3.40 bits per heavy atom. The Hall–Kier alpha value is -1.24. The van der Waals surface area contributed by atoms with Crippen LogP contribution in [0.2, 0.25) is 0 Å². The van der Waals surface area contributed by atoms with E-state index in [2.05, 4.69) is 31.4 Å². The van der Waals surface area contributed by atoms with Crippen LogP contribution in [0.4, 0.5) is 0 Å². The van der Waals surface area contributed by atoms with Gasteiger partial charge in [-0.3, -0.25) is 0 Å². The first-order valence-electron chi connectivity index (χ1n) is 7.01. The maximum absolute atomic E-state index is 5.09. The Balaban J connectivity index is 1.51. The minimum Gasteiger partial charge on any atom is -0.378 e. The standard InChI is InChI=1S/C14H20N4OS/c1-19-9-13-17-12(10-20-13)8-15-7-11-3-2-5-18-6-4-16-14(11)18/h4,6,10-11,15H,2-3,5,7-9H2,1H3/t11-/m1/s1. The van der Waals surface area contributed by atoms with Gasteiger partial charge in [0.05, 0.1) is 12.3 Å². The fourth-order valence-electron chi connectivity index (χ4n) is 2.69. The number of aromatic nitrogens is 3. The van der Waals surface area contributed by atoms with Crippen molar-refractivity contribution in [2.24, 2.45) is 0 Å². The van der Waals surface area contributed by atoms with E-state index in [0.717, 1.165) is 30.3 Å². The third-order valence-corrected chi connectivity index (χ3v) is 4.50. The molecule has 2 aromatic heterocycles. The number of nitrogens with one attached hydrogen (secondary N) is 1. The zero-order valence-electron chi connectivity index (χ0n) is 11.7. The molecule has 2 aromatic rings. The van der Waals surface area contributed by atoms with Gasteiger partial charge in [0, 0.05) is 50.4 Å². The minimum atomic E-state index is 0.524. The maximum atomic E-state index is 5.09. The lowest BCUT2D eigenvalue weighted by molar-refractivity contribution is 0.184. The monoisotopic (exact) mass is 292 g/mol. The molecule has 0 unspecified atom stereocenters.